The van der Waals surface area contributed by atoms with Gasteiger partial charge >= 0.3 is 0 Å². The monoisotopic (exact) mass is 309 g/mol. The first-order chi connectivity index (χ1) is 11.4. The lowest BCUT2D eigenvalue weighted by molar-refractivity contribution is 0.340. The number of nitrogens with one attached hydrogen (secondary N) is 1. The number of ether oxygens (including phenoxy) is 1. The average Bonchev–Trinajstić information content (AvgIpc) is 2.99. The van der Waals surface area contributed by atoms with Crippen LogP contribution in [0.3, 0.4) is 0 Å². The Morgan fingerprint density at radius 3 is 2.96 bits per heavy atom. The molecule has 1 heterocycles. The molecule has 0 bridgehead atoms. The average molecular weight is 309 g/mol. The zero-order chi connectivity index (χ0) is 15.9. The minimum atomic E-state index is 0.704. The van der Waals surface area contributed by atoms with Crippen LogP contribution in [0.15, 0.2) is 54.9 Å². The van der Waals surface area contributed by atoms with Crippen molar-refractivity contribution in [3.63, 3.8) is 0 Å². The molecule has 0 amide bonds. The van der Waals surface area contributed by atoms with Gasteiger partial charge in [0.2, 0.25) is 0 Å². The van der Waals surface area contributed by atoms with Crippen LogP contribution in [0.2, 0.25) is 0 Å². The summed E-state index contributed by atoms with van der Waals surface area (Å²) in [6.07, 6.45) is 3.00. The molecular weight excluding hydrogens is 286 g/mol. The SMILES string of the molecule is CCOc1cccc(CNCCCn2cnc3ccccc32)c1. The van der Waals surface area contributed by atoms with Crippen molar-refractivity contribution >= 4 is 11.0 Å². The van der Waals surface area contributed by atoms with Crippen molar-refractivity contribution < 1.29 is 4.74 Å². The van der Waals surface area contributed by atoms with Gasteiger partial charge in [0, 0.05) is 13.1 Å². The summed E-state index contributed by atoms with van der Waals surface area (Å²) in [7, 11) is 0. The van der Waals surface area contributed by atoms with Crippen molar-refractivity contribution in [3.8, 4) is 5.75 Å². The summed E-state index contributed by atoms with van der Waals surface area (Å²) in [6, 6.07) is 16.5. The summed E-state index contributed by atoms with van der Waals surface area (Å²) in [5, 5.41) is 3.49. The van der Waals surface area contributed by atoms with Crippen LogP contribution in [0.5, 0.6) is 5.75 Å². The first kappa shape index (κ1) is 15.6. The van der Waals surface area contributed by atoms with E-state index in [0.717, 1.165) is 37.3 Å². The highest BCUT2D eigenvalue weighted by Crippen LogP contribution is 2.13. The van der Waals surface area contributed by atoms with Crippen LogP contribution in [0.25, 0.3) is 11.0 Å². The van der Waals surface area contributed by atoms with E-state index in [1.165, 1.54) is 11.1 Å². The summed E-state index contributed by atoms with van der Waals surface area (Å²) < 4.78 is 7.74. The molecule has 23 heavy (non-hydrogen) atoms. The summed E-state index contributed by atoms with van der Waals surface area (Å²) in [4.78, 5) is 4.42. The molecule has 1 aromatic heterocycles. The second-order valence-corrected chi connectivity index (χ2v) is 5.54. The molecule has 0 atom stereocenters. The van der Waals surface area contributed by atoms with E-state index in [-0.39, 0.29) is 0 Å². The Bertz CT molecular complexity index is 751. The lowest BCUT2D eigenvalue weighted by atomic mass is 10.2. The second kappa shape index (κ2) is 7.79. The third kappa shape index (κ3) is 4.11. The van der Waals surface area contributed by atoms with Crippen LogP contribution in [0.1, 0.15) is 18.9 Å². The third-order valence-electron chi connectivity index (χ3n) is 3.82. The molecule has 0 aliphatic rings. The maximum Gasteiger partial charge on any atom is 0.119 e. The maximum atomic E-state index is 5.53. The van der Waals surface area contributed by atoms with E-state index in [2.05, 4.69) is 45.2 Å². The van der Waals surface area contributed by atoms with Gasteiger partial charge in [-0.1, -0.05) is 24.3 Å². The molecule has 0 aliphatic heterocycles. The van der Waals surface area contributed by atoms with Crippen LogP contribution in [0, 0.1) is 0 Å². The van der Waals surface area contributed by atoms with Crippen LogP contribution in [-0.4, -0.2) is 22.7 Å². The summed E-state index contributed by atoms with van der Waals surface area (Å²) in [6.45, 7) is 5.53. The maximum absolute atomic E-state index is 5.53. The van der Waals surface area contributed by atoms with Gasteiger partial charge in [0.15, 0.2) is 0 Å². The second-order valence-electron chi connectivity index (χ2n) is 5.54. The van der Waals surface area contributed by atoms with Gasteiger partial charge < -0.3 is 14.6 Å². The zero-order valence-electron chi connectivity index (χ0n) is 13.5. The Morgan fingerprint density at radius 1 is 1.13 bits per heavy atom. The smallest absolute Gasteiger partial charge is 0.119 e. The predicted octanol–water partition coefficient (Wildman–Crippen LogP) is 3.61. The number of aromatic nitrogens is 2. The van der Waals surface area contributed by atoms with Crippen LogP contribution in [0.4, 0.5) is 0 Å². The normalized spacial score (nSPS) is 11.0. The number of benzene rings is 2. The van der Waals surface area contributed by atoms with E-state index < -0.39 is 0 Å². The quantitative estimate of drug-likeness (QED) is 0.646. The highest BCUT2D eigenvalue weighted by molar-refractivity contribution is 5.74. The standard InChI is InChI=1S/C19H23N3O/c1-2-23-17-8-5-7-16(13-17)14-20-11-6-12-22-15-21-18-9-3-4-10-19(18)22/h3-5,7-10,13,15,20H,2,6,11-12,14H2,1H3. The fourth-order valence-electron chi connectivity index (χ4n) is 2.71. The lowest BCUT2D eigenvalue weighted by Gasteiger charge is -2.08. The van der Waals surface area contributed by atoms with E-state index >= 15 is 0 Å². The van der Waals surface area contributed by atoms with E-state index in [9.17, 15) is 0 Å². The molecule has 0 unspecified atom stereocenters. The van der Waals surface area contributed by atoms with Crippen molar-refractivity contribution in [1.82, 2.24) is 14.9 Å². The van der Waals surface area contributed by atoms with Gasteiger partial charge in [-0.2, -0.15) is 0 Å². The van der Waals surface area contributed by atoms with E-state index in [0.29, 0.717) is 6.61 Å². The minimum Gasteiger partial charge on any atom is -0.494 e. The minimum absolute atomic E-state index is 0.704. The molecule has 2 aromatic carbocycles. The van der Waals surface area contributed by atoms with Crippen molar-refractivity contribution in [1.29, 1.82) is 0 Å². The van der Waals surface area contributed by atoms with Gasteiger partial charge in [-0.15, -0.1) is 0 Å². The van der Waals surface area contributed by atoms with Gasteiger partial charge in [0.05, 0.1) is 24.0 Å². The van der Waals surface area contributed by atoms with E-state index in [4.69, 9.17) is 4.74 Å². The van der Waals surface area contributed by atoms with Crippen LogP contribution in [-0.2, 0) is 13.1 Å². The highest BCUT2D eigenvalue weighted by atomic mass is 16.5. The molecule has 0 aliphatic carbocycles. The Labute approximate surface area is 137 Å². The number of imidazole rings is 1. The molecule has 1 N–H and O–H groups in total. The Hall–Kier alpha value is -2.33. The van der Waals surface area contributed by atoms with Gasteiger partial charge in [-0.3, -0.25) is 0 Å². The number of rotatable bonds is 8. The molecular formula is C19H23N3O. The van der Waals surface area contributed by atoms with Crippen molar-refractivity contribution in [3.05, 3.63) is 60.4 Å². The number of para-hydroxylation sites is 2. The Kier molecular flexibility index (Phi) is 5.27. The Morgan fingerprint density at radius 2 is 2.04 bits per heavy atom. The van der Waals surface area contributed by atoms with Crippen LogP contribution < -0.4 is 10.1 Å². The summed E-state index contributed by atoms with van der Waals surface area (Å²) in [5.74, 6) is 0.941. The molecule has 3 aromatic rings. The zero-order valence-corrected chi connectivity index (χ0v) is 13.5. The molecule has 0 spiro atoms. The molecule has 4 nitrogen and oxygen atoms in total. The number of aryl methyl sites for hydroxylation is 1. The van der Waals surface area contributed by atoms with E-state index in [1.54, 1.807) is 0 Å². The fourth-order valence-corrected chi connectivity index (χ4v) is 2.71. The Balaban J connectivity index is 1.44. The first-order valence-corrected chi connectivity index (χ1v) is 8.19. The lowest BCUT2D eigenvalue weighted by Crippen LogP contribution is -2.16. The van der Waals surface area contributed by atoms with Gasteiger partial charge in [0.1, 0.15) is 5.75 Å². The molecule has 0 saturated heterocycles. The van der Waals surface area contributed by atoms with E-state index in [1.807, 2.05) is 31.5 Å². The topological polar surface area (TPSA) is 39.1 Å². The summed E-state index contributed by atoms with van der Waals surface area (Å²) >= 11 is 0. The molecule has 3 rings (SSSR count). The van der Waals surface area contributed by atoms with Crippen molar-refractivity contribution in [2.45, 2.75) is 26.4 Å². The number of hydrogen-bond donors (Lipinski definition) is 1. The largest absolute Gasteiger partial charge is 0.494 e. The first-order valence-electron chi connectivity index (χ1n) is 8.19. The van der Waals surface area contributed by atoms with Gasteiger partial charge in [-0.25, -0.2) is 4.98 Å². The predicted molar refractivity (Wildman–Crippen MR) is 93.7 cm³/mol. The third-order valence-corrected chi connectivity index (χ3v) is 3.82. The van der Waals surface area contributed by atoms with Crippen LogP contribution >= 0.6 is 0 Å². The molecule has 4 heteroatoms. The molecule has 0 saturated carbocycles. The van der Waals surface area contributed by atoms with Crippen molar-refractivity contribution in [2.24, 2.45) is 0 Å². The number of hydrogen-bond acceptors (Lipinski definition) is 3. The van der Waals surface area contributed by atoms with Gasteiger partial charge in [0.25, 0.3) is 0 Å². The molecule has 120 valence electrons. The number of nitrogens with zero attached hydrogens (tertiary/aromatic N) is 2. The number of fused-ring (bicyclic) bond motifs is 1. The van der Waals surface area contributed by atoms with Crippen molar-refractivity contribution in [2.75, 3.05) is 13.2 Å². The van der Waals surface area contributed by atoms with Gasteiger partial charge in [-0.05, 0) is 49.7 Å². The fraction of sp³-hybridized carbons (Fsp3) is 0.316. The highest BCUT2D eigenvalue weighted by Gasteiger charge is 2.01. The molecule has 0 radical (unpaired) electrons. The summed E-state index contributed by atoms with van der Waals surface area (Å²) in [5.41, 5.74) is 3.52. The molecule has 0 fully saturated rings.